The fraction of sp³-hybridized carbons (Fsp3) is 0.160. The fourth-order valence-corrected chi connectivity index (χ4v) is 4.48. The van der Waals surface area contributed by atoms with Gasteiger partial charge >= 0.3 is 0 Å². The van der Waals surface area contributed by atoms with Gasteiger partial charge in [0.25, 0.3) is 0 Å². The van der Waals surface area contributed by atoms with Crippen molar-refractivity contribution in [2.45, 2.75) is 18.6 Å². The number of hydrogen-bond donors (Lipinski definition) is 1. The first kappa shape index (κ1) is 21.6. The number of nitrogens with one attached hydrogen (secondary N) is 1. The smallest absolute Gasteiger partial charge is 0.247 e. The highest BCUT2D eigenvalue weighted by Crippen LogP contribution is 2.35. The Bertz CT molecular complexity index is 1120. The second kappa shape index (κ2) is 10.2. The summed E-state index contributed by atoms with van der Waals surface area (Å²) in [5.41, 5.74) is 2.07. The van der Waals surface area contributed by atoms with Gasteiger partial charge in [0, 0.05) is 6.42 Å². The van der Waals surface area contributed by atoms with Crippen molar-refractivity contribution in [2.75, 3.05) is 16.8 Å². The van der Waals surface area contributed by atoms with Crippen molar-refractivity contribution in [1.29, 1.82) is 0 Å². The zero-order valence-electron chi connectivity index (χ0n) is 17.6. The van der Waals surface area contributed by atoms with Crippen molar-refractivity contribution in [2.24, 2.45) is 4.99 Å². The maximum Gasteiger partial charge on any atom is 0.247 e. The predicted octanol–water partition coefficient (Wildman–Crippen LogP) is 5.25. The van der Waals surface area contributed by atoms with Crippen molar-refractivity contribution in [3.8, 4) is 5.75 Å². The lowest BCUT2D eigenvalue weighted by Gasteiger charge is -2.16. The lowest BCUT2D eigenvalue weighted by molar-refractivity contribution is -0.121. The first-order valence-electron chi connectivity index (χ1n) is 10.4. The van der Waals surface area contributed by atoms with Crippen LogP contribution < -0.4 is 15.0 Å². The average molecular weight is 446 g/mol. The molecule has 2 amide bonds. The number of ether oxygens (including phenoxy) is 1. The van der Waals surface area contributed by atoms with Crippen LogP contribution in [0.3, 0.4) is 0 Å². The van der Waals surface area contributed by atoms with E-state index in [1.54, 1.807) is 17.0 Å². The summed E-state index contributed by atoms with van der Waals surface area (Å²) in [5.74, 6) is 0.187. The van der Waals surface area contributed by atoms with Crippen LogP contribution in [-0.2, 0) is 9.59 Å². The summed E-state index contributed by atoms with van der Waals surface area (Å²) in [6.07, 6.45) is 0.0289. The van der Waals surface area contributed by atoms with Crippen LogP contribution in [0.4, 0.5) is 17.1 Å². The molecule has 0 radical (unpaired) electrons. The topological polar surface area (TPSA) is 71.0 Å². The molecule has 0 spiro atoms. The standard InChI is InChI=1S/C25H23N3O3S/c1-2-31-21-16-10-9-15-20(21)27-23(29)17-22-24(30)28(19-13-7-4-8-14-19)25(32-22)26-18-11-5-3-6-12-18/h3-16,22H,2,17H2,1H3,(H,27,29)/t22-/m1/s1. The van der Waals surface area contributed by atoms with E-state index in [0.29, 0.717) is 23.2 Å². The molecule has 1 atom stereocenters. The number of aliphatic imine (C=N–C) groups is 1. The molecule has 1 aliphatic heterocycles. The number of hydrogen-bond acceptors (Lipinski definition) is 5. The van der Waals surface area contributed by atoms with Crippen molar-refractivity contribution in [3.63, 3.8) is 0 Å². The Labute approximate surface area is 191 Å². The van der Waals surface area contributed by atoms with Crippen LogP contribution >= 0.6 is 11.8 Å². The number of carbonyl (C=O) groups excluding carboxylic acids is 2. The quantitative estimate of drug-likeness (QED) is 0.539. The van der Waals surface area contributed by atoms with E-state index in [2.05, 4.69) is 10.3 Å². The van der Waals surface area contributed by atoms with Gasteiger partial charge in [-0.05, 0) is 43.3 Å². The van der Waals surface area contributed by atoms with E-state index in [4.69, 9.17) is 4.74 Å². The van der Waals surface area contributed by atoms with E-state index >= 15 is 0 Å². The highest BCUT2D eigenvalue weighted by atomic mass is 32.2. The van der Waals surface area contributed by atoms with Crippen molar-refractivity contribution < 1.29 is 14.3 Å². The Morgan fingerprint density at radius 2 is 1.66 bits per heavy atom. The molecule has 1 heterocycles. The second-order valence-electron chi connectivity index (χ2n) is 7.03. The number of thioether (sulfide) groups is 1. The molecule has 0 saturated carbocycles. The first-order valence-corrected chi connectivity index (χ1v) is 11.2. The van der Waals surface area contributed by atoms with Crippen LogP contribution in [-0.4, -0.2) is 28.8 Å². The lowest BCUT2D eigenvalue weighted by Crippen LogP contribution is -2.33. The normalized spacial score (nSPS) is 16.9. The third-order valence-corrected chi connectivity index (χ3v) is 5.90. The van der Waals surface area contributed by atoms with Crippen LogP contribution in [0.2, 0.25) is 0 Å². The second-order valence-corrected chi connectivity index (χ2v) is 8.20. The van der Waals surface area contributed by atoms with E-state index in [1.807, 2.05) is 79.7 Å². The highest BCUT2D eigenvalue weighted by Gasteiger charge is 2.40. The first-order chi connectivity index (χ1) is 15.7. The Morgan fingerprint density at radius 3 is 2.38 bits per heavy atom. The Morgan fingerprint density at radius 1 is 1.00 bits per heavy atom. The van der Waals surface area contributed by atoms with Gasteiger partial charge in [-0.2, -0.15) is 0 Å². The van der Waals surface area contributed by atoms with Crippen LogP contribution in [0.15, 0.2) is 89.9 Å². The molecule has 1 saturated heterocycles. The number of amidine groups is 1. The zero-order chi connectivity index (χ0) is 22.3. The van der Waals surface area contributed by atoms with Crippen LogP contribution in [0.1, 0.15) is 13.3 Å². The summed E-state index contributed by atoms with van der Waals surface area (Å²) in [7, 11) is 0. The van der Waals surface area contributed by atoms with Gasteiger partial charge in [-0.15, -0.1) is 0 Å². The van der Waals surface area contributed by atoms with E-state index < -0.39 is 5.25 Å². The molecule has 0 aromatic heterocycles. The molecule has 162 valence electrons. The number of nitrogens with zero attached hydrogens (tertiary/aromatic N) is 2. The Balaban J connectivity index is 1.55. The van der Waals surface area contributed by atoms with Crippen molar-refractivity contribution >= 4 is 45.8 Å². The largest absolute Gasteiger partial charge is 0.492 e. The Kier molecular flexibility index (Phi) is 6.87. The molecular weight excluding hydrogens is 422 g/mol. The maximum absolute atomic E-state index is 13.3. The summed E-state index contributed by atoms with van der Waals surface area (Å²) in [5, 5.41) is 2.86. The van der Waals surface area contributed by atoms with E-state index in [-0.39, 0.29) is 18.2 Å². The van der Waals surface area contributed by atoms with E-state index in [9.17, 15) is 9.59 Å². The van der Waals surface area contributed by atoms with E-state index in [0.717, 1.165) is 11.4 Å². The summed E-state index contributed by atoms with van der Waals surface area (Å²) in [6, 6.07) is 26.1. The molecule has 32 heavy (non-hydrogen) atoms. The molecule has 0 bridgehead atoms. The number of benzene rings is 3. The number of rotatable bonds is 7. The SMILES string of the molecule is CCOc1ccccc1NC(=O)C[C@H]1SC(=Nc2ccccc2)N(c2ccccc2)C1=O. The highest BCUT2D eigenvalue weighted by molar-refractivity contribution is 8.16. The van der Waals surface area contributed by atoms with Gasteiger partial charge in [0.15, 0.2) is 5.17 Å². The van der Waals surface area contributed by atoms with Gasteiger partial charge in [0.2, 0.25) is 11.8 Å². The zero-order valence-corrected chi connectivity index (χ0v) is 18.4. The minimum atomic E-state index is -0.572. The number of anilines is 2. The van der Waals surface area contributed by atoms with Crippen LogP contribution in [0.5, 0.6) is 5.75 Å². The Hall–Kier alpha value is -3.58. The van der Waals surface area contributed by atoms with Gasteiger partial charge in [0.1, 0.15) is 11.0 Å². The maximum atomic E-state index is 13.3. The minimum absolute atomic E-state index is 0.0289. The third kappa shape index (κ3) is 5.00. The van der Waals surface area contributed by atoms with Crippen LogP contribution in [0, 0.1) is 0 Å². The van der Waals surface area contributed by atoms with Gasteiger partial charge in [-0.25, -0.2) is 4.99 Å². The molecule has 6 nitrogen and oxygen atoms in total. The summed E-state index contributed by atoms with van der Waals surface area (Å²) in [6.45, 7) is 2.38. The summed E-state index contributed by atoms with van der Waals surface area (Å²) < 4.78 is 5.57. The van der Waals surface area contributed by atoms with Crippen molar-refractivity contribution in [3.05, 3.63) is 84.9 Å². The molecule has 3 aromatic carbocycles. The number of para-hydroxylation sites is 4. The molecular formula is C25H23N3O3S. The molecule has 3 aromatic rings. The molecule has 7 heteroatoms. The van der Waals surface area contributed by atoms with Crippen LogP contribution in [0.25, 0.3) is 0 Å². The number of carbonyl (C=O) groups is 2. The molecule has 0 aliphatic carbocycles. The molecule has 0 unspecified atom stereocenters. The van der Waals surface area contributed by atoms with E-state index in [1.165, 1.54) is 11.8 Å². The average Bonchev–Trinajstić information content (AvgIpc) is 3.11. The molecule has 1 aliphatic rings. The summed E-state index contributed by atoms with van der Waals surface area (Å²) in [4.78, 5) is 32.3. The fourth-order valence-electron chi connectivity index (χ4n) is 3.32. The van der Waals surface area contributed by atoms with Gasteiger partial charge in [-0.1, -0.05) is 60.3 Å². The minimum Gasteiger partial charge on any atom is -0.492 e. The molecule has 1 N–H and O–H groups in total. The van der Waals surface area contributed by atoms with Gasteiger partial charge < -0.3 is 10.1 Å². The summed E-state index contributed by atoms with van der Waals surface area (Å²) >= 11 is 1.30. The van der Waals surface area contributed by atoms with Gasteiger partial charge in [-0.3, -0.25) is 14.5 Å². The predicted molar refractivity (Wildman–Crippen MR) is 130 cm³/mol. The number of amides is 2. The lowest BCUT2D eigenvalue weighted by atomic mass is 10.2. The van der Waals surface area contributed by atoms with Crippen molar-refractivity contribution in [1.82, 2.24) is 0 Å². The molecule has 4 rings (SSSR count). The monoisotopic (exact) mass is 445 g/mol. The van der Waals surface area contributed by atoms with Gasteiger partial charge in [0.05, 0.1) is 23.7 Å². The third-order valence-electron chi connectivity index (χ3n) is 4.76. The molecule has 1 fully saturated rings.